The summed E-state index contributed by atoms with van der Waals surface area (Å²) < 4.78 is 1.90. The van der Waals surface area contributed by atoms with Crippen molar-refractivity contribution < 1.29 is 14.7 Å². The van der Waals surface area contributed by atoms with Crippen LogP contribution in [-0.4, -0.2) is 43.7 Å². The highest BCUT2D eigenvalue weighted by Gasteiger charge is 2.17. The quantitative estimate of drug-likeness (QED) is 0.201. The van der Waals surface area contributed by atoms with Crippen LogP contribution in [0.25, 0.3) is 17.1 Å². The number of aryl methyl sites for hydroxylation is 1. The first-order valence-corrected chi connectivity index (χ1v) is 11.8. The summed E-state index contributed by atoms with van der Waals surface area (Å²) in [6, 6.07) is 21.4. The van der Waals surface area contributed by atoms with Gasteiger partial charge in [-0.1, -0.05) is 53.2 Å². The molecule has 3 aromatic carbocycles. The smallest absolute Gasteiger partial charge is 0.335 e. The van der Waals surface area contributed by atoms with Crippen LogP contribution >= 0.6 is 23.4 Å². The van der Waals surface area contributed by atoms with Gasteiger partial charge in [0.25, 0.3) is 5.91 Å². The Kier molecular flexibility index (Phi) is 7.59. The largest absolute Gasteiger partial charge is 0.478 e. The summed E-state index contributed by atoms with van der Waals surface area (Å²) in [5, 5.41) is 22.7. The van der Waals surface area contributed by atoms with Crippen molar-refractivity contribution in [1.82, 2.24) is 20.2 Å². The van der Waals surface area contributed by atoms with Gasteiger partial charge in [0.05, 0.1) is 17.5 Å². The van der Waals surface area contributed by atoms with E-state index < -0.39 is 5.97 Å². The molecule has 0 fully saturated rings. The average molecular weight is 506 g/mol. The number of nitrogens with zero attached hydrogens (tertiary/aromatic N) is 4. The highest BCUT2D eigenvalue weighted by atomic mass is 35.5. The second-order valence-electron chi connectivity index (χ2n) is 7.49. The van der Waals surface area contributed by atoms with E-state index in [1.807, 2.05) is 47.9 Å². The van der Waals surface area contributed by atoms with Crippen LogP contribution in [0.2, 0.25) is 5.02 Å². The van der Waals surface area contributed by atoms with Gasteiger partial charge in [-0.15, -0.1) is 10.2 Å². The fourth-order valence-electron chi connectivity index (χ4n) is 3.13. The maximum atomic E-state index is 12.4. The van der Waals surface area contributed by atoms with Crippen molar-refractivity contribution in [1.29, 1.82) is 0 Å². The molecule has 10 heteroatoms. The van der Waals surface area contributed by atoms with E-state index in [0.717, 1.165) is 16.8 Å². The lowest BCUT2D eigenvalue weighted by Crippen LogP contribution is -2.20. The lowest BCUT2D eigenvalue weighted by molar-refractivity contribution is -0.118. The summed E-state index contributed by atoms with van der Waals surface area (Å²) >= 11 is 7.27. The normalized spacial score (nSPS) is 11.0. The minimum absolute atomic E-state index is 0.0693. The van der Waals surface area contributed by atoms with E-state index in [0.29, 0.717) is 21.6 Å². The van der Waals surface area contributed by atoms with Gasteiger partial charge in [-0.25, -0.2) is 10.2 Å². The number of halogens is 1. The first-order chi connectivity index (χ1) is 16.9. The summed E-state index contributed by atoms with van der Waals surface area (Å²) in [4.78, 5) is 23.3. The second-order valence-corrected chi connectivity index (χ2v) is 8.87. The zero-order valence-corrected chi connectivity index (χ0v) is 20.1. The van der Waals surface area contributed by atoms with Crippen LogP contribution in [0, 0.1) is 6.92 Å². The number of aromatic nitrogens is 3. The molecule has 8 nitrogen and oxygen atoms in total. The summed E-state index contributed by atoms with van der Waals surface area (Å²) in [7, 11) is 0. The molecule has 0 radical (unpaired) electrons. The maximum absolute atomic E-state index is 12.4. The molecule has 35 heavy (non-hydrogen) atoms. The highest BCUT2D eigenvalue weighted by Crippen LogP contribution is 2.28. The SMILES string of the molecule is Cc1ccc(-n2c(SCC(=O)NN=Cc3ccc(C(=O)O)cc3)nnc2-c2ccc(Cl)cc2)cc1. The standard InChI is InChI=1S/C25H20ClN5O3S/c1-16-2-12-21(13-3-16)31-23(18-8-10-20(26)11-9-18)29-30-25(31)35-15-22(32)28-27-14-17-4-6-19(7-5-17)24(33)34/h2-14H,15H2,1H3,(H,28,32)(H,33,34). The van der Waals surface area contributed by atoms with Crippen molar-refractivity contribution >= 4 is 41.5 Å². The predicted molar refractivity (Wildman–Crippen MR) is 136 cm³/mol. The Morgan fingerprint density at radius 2 is 1.71 bits per heavy atom. The molecule has 0 saturated heterocycles. The maximum Gasteiger partial charge on any atom is 0.335 e. The molecule has 1 amide bonds. The first kappa shape index (κ1) is 24.2. The molecular formula is C25H20ClN5O3S. The van der Waals surface area contributed by atoms with Gasteiger partial charge in [-0.05, 0) is 61.0 Å². The van der Waals surface area contributed by atoms with Gasteiger partial charge < -0.3 is 5.11 Å². The molecule has 0 aliphatic rings. The van der Waals surface area contributed by atoms with Gasteiger partial charge in [0, 0.05) is 16.3 Å². The monoisotopic (exact) mass is 505 g/mol. The van der Waals surface area contributed by atoms with Gasteiger partial charge >= 0.3 is 5.97 Å². The molecule has 0 aliphatic carbocycles. The molecule has 0 bridgehead atoms. The van der Waals surface area contributed by atoms with E-state index in [9.17, 15) is 9.59 Å². The van der Waals surface area contributed by atoms with Crippen molar-refractivity contribution in [3.8, 4) is 17.1 Å². The number of hydrazone groups is 1. The zero-order valence-electron chi connectivity index (χ0n) is 18.6. The summed E-state index contributed by atoms with van der Waals surface area (Å²) in [5.41, 5.74) is 6.15. The highest BCUT2D eigenvalue weighted by molar-refractivity contribution is 7.99. The lowest BCUT2D eigenvalue weighted by atomic mass is 10.1. The number of hydrogen-bond donors (Lipinski definition) is 2. The molecule has 0 saturated carbocycles. The van der Waals surface area contributed by atoms with E-state index in [2.05, 4.69) is 20.7 Å². The zero-order chi connectivity index (χ0) is 24.8. The van der Waals surface area contributed by atoms with Crippen LogP contribution < -0.4 is 5.43 Å². The van der Waals surface area contributed by atoms with Crippen LogP contribution in [0.4, 0.5) is 0 Å². The number of aromatic carboxylic acids is 1. The molecule has 0 spiro atoms. The van der Waals surface area contributed by atoms with Crippen LogP contribution in [0.3, 0.4) is 0 Å². The number of nitrogens with one attached hydrogen (secondary N) is 1. The second kappa shape index (κ2) is 11.0. The number of thioether (sulfide) groups is 1. The Bertz CT molecular complexity index is 1370. The summed E-state index contributed by atoms with van der Waals surface area (Å²) in [6.45, 7) is 2.01. The van der Waals surface area contributed by atoms with Gasteiger partial charge in [0.15, 0.2) is 11.0 Å². The van der Waals surface area contributed by atoms with E-state index in [1.54, 1.807) is 24.3 Å². The Labute approximate surface area is 210 Å². The summed E-state index contributed by atoms with van der Waals surface area (Å²) in [6.07, 6.45) is 1.45. The number of amides is 1. The van der Waals surface area contributed by atoms with Gasteiger partial charge in [0.2, 0.25) is 0 Å². The average Bonchev–Trinajstić information content (AvgIpc) is 3.28. The number of carboxylic acid groups (broad SMARTS) is 1. The number of carbonyl (C=O) groups is 2. The third-order valence-corrected chi connectivity index (χ3v) is 6.10. The van der Waals surface area contributed by atoms with Crippen molar-refractivity contribution in [2.75, 3.05) is 5.75 Å². The third kappa shape index (κ3) is 6.14. The number of benzene rings is 3. The van der Waals surface area contributed by atoms with Crippen molar-refractivity contribution in [3.05, 3.63) is 94.5 Å². The summed E-state index contributed by atoms with van der Waals surface area (Å²) in [5.74, 6) is -0.618. The molecule has 1 aromatic heterocycles. The lowest BCUT2D eigenvalue weighted by Gasteiger charge is -2.10. The van der Waals surface area contributed by atoms with E-state index in [-0.39, 0.29) is 17.2 Å². The molecule has 0 unspecified atom stereocenters. The minimum Gasteiger partial charge on any atom is -0.478 e. The topological polar surface area (TPSA) is 109 Å². The number of rotatable bonds is 8. The Balaban J connectivity index is 1.47. The van der Waals surface area contributed by atoms with Crippen molar-refractivity contribution in [3.63, 3.8) is 0 Å². The number of carboxylic acids is 1. The van der Waals surface area contributed by atoms with E-state index >= 15 is 0 Å². The molecular weight excluding hydrogens is 486 g/mol. The third-order valence-electron chi connectivity index (χ3n) is 4.92. The molecule has 176 valence electrons. The van der Waals surface area contributed by atoms with Gasteiger partial charge in [-0.2, -0.15) is 5.10 Å². The molecule has 4 aromatic rings. The van der Waals surface area contributed by atoms with Crippen molar-refractivity contribution in [2.45, 2.75) is 12.1 Å². The molecule has 0 aliphatic heterocycles. The molecule has 1 heterocycles. The number of carbonyl (C=O) groups excluding carboxylic acids is 1. The Morgan fingerprint density at radius 3 is 2.37 bits per heavy atom. The number of hydrogen-bond acceptors (Lipinski definition) is 6. The van der Waals surface area contributed by atoms with Crippen molar-refractivity contribution in [2.24, 2.45) is 5.10 Å². The van der Waals surface area contributed by atoms with E-state index in [1.165, 1.54) is 30.1 Å². The molecule has 2 N–H and O–H groups in total. The minimum atomic E-state index is -1.00. The fraction of sp³-hybridized carbons (Fsp3) is 0.0800. The Morgan fingerprint density at radius 1 is 1.03 bits per heavy atom. The van der Waals surface area contributed by atoms with Crippen LogP contribution in [0.1, 0.15) is 21.5 Å². The molecule has 4 rings (SSSR count). The van der Waals surface area contributed by atoms with Crippen LogP contribution in [0.5, 0.6) is 0 Å². The molecule has 0 atom stereocenters. The first-order valence-electron chi connectivity index (χ1n) is 10.5. The van der Waals surface area contributed by atoms with Gasteiger partial charge in [-0.3, -0.25) is 9.36 Å². The fourth-order valence-corrected chi connectivity index (χ4v) is 4.00. The van der Waals surface area contributed by atoms with Crippen LogP contribution in [0.15, 0.2) is 83.1 Å². The predicted octanol–water partition coefficient (Wildman–Crippen LogP) is 4.84. The van der Waals surface area contributed by atoms with E-state index in [4.69, 9.17) is 16.7 Å². The van der Waals surface area contributed by atoms with Crippen LogP contribution in [-0.2, 0) is 4.79 Å². The Hall–Kier alpha value is -3.95. The van der Waals surface area contributed by atoms with Gasteiger partial charge in [0.1, 0.15) is 0 Å².